The molecule has 16 heavy (non-hydrogen) atoms. The summed E-state index contributed by atoms with van der Waals surface area (Å²) in [7, 11) is 0. The fraction of sp³-hybridized carbons (Fsp3) is 0.455. The van der Waals surface area contributed by atoms with E-state index in [4.69, 9.17) is 5.73 Å². The Bertz CT molecular complexity index is 420. The van der Waals surface area contributed by atoms with Gasteiger partial charge >= 0.3 is 0 Å². The molecule has 0 aromatic heterocycles. The summed E-state index contributed by atoms with van der Waals surface area (Å²) in [5.41, 5.74) is 6.65. The van der Waals surface area contributed by atoms with E-state index in [9.17, 15) is 10.1 Å². The molecule has 0 aliphatic heterocycles. The molecule has 1 aromatic carbocycles. The second-order valence-corrected chi connectivity index (χ2v) is 4.19. The number of nitrogen functional groups attached to an aromatic ring is 1. The van der Waals surface area contributed by atoms with E-state index in [0.29, 0.717) is 6.04 Å². The molecule has 2 rings (SSSR count). The summed E-state index contributed by atoms with van der Waals surface area (Å²) in [6, 6.07) is 5.29. The highest BCUT2D eigenvalue weighted by Crippen LogP contribution is 2.37. The lowest BCUT2D eigenvalue weighted by atomic mass is 10.2. The van der Waals surface area contributed by atoms with Gasteiger partial charge in [-0.1, -0.05) is 13.3 Å². The number of nitro benzene ring substituents is 1. The van der Waals surface area contributed by atoms with Gasteiger partial charge in [0.25, 0.3) is 5.69 Å². The Morgan fingerprint density at radius 3 is 2.88 bits per heavy atom. The van der Waals surface area contributed by atoms with Gasteiger partial charge in [0.05, 0.1) is 4.92 Å². The van der Waals surface area contributed by atoms with Crippen molar-refractivity contribution in [3.8, 4) is 0 Å². The first-order chi connectivity index (χ1) is 7.61. The van der Waals surface area contributed by atoms with Gasteiger partial charge < -0.3 is 11.1 Å². The van der Waals surface area contributed by atoms with Crippen LogP contribution in [0.2, 0.25) is 0 Å². The van der Waals surface area contributed by atoms with Gasteiger partial charge in [-0.05, 0) is 24.5 Å². The number of anilines is 2. The molecule has 1 fully saturated rings. The smallest absolute Gasteiger partial charge is 0.292 e. The molecule has 2 atom stereocenters. The fourth-order valence-electron chi connectivity index (χ4n) is 1.90. The van der Waals surface area contributed by atoms with Crippen LogP contribution in [0.25, 0.3) is 0 Å². The molecule has 0 saturated heterocycles. The van der Waals surface area contributed by atoms with Crippen molar-refractivity contribution in [3.05, 3.63) is 28.3 Å². The normalized spacial score (nSPS) is 22.8. The van der Waals surface area contributed by atoms with Crippen molar-refractivity contribution in [2.24, 2.45) is 5.92 Å². The van der Waals surface area contributed by atoms with Gasteiger partial charge in [0, 0.05) is 17.8 Å². The number of rotatable bonds is 4. The van der Waals surface area contributed by atoms with Gasteiger partial charge in [-0.2, -0.15) is 0 Å². The summed E-state index contributed by atoms with van der Waals surface area (Å²) >= 11 is 0. The molecule has 3 N–H and O–H groups in total. The zero-order valence-electron chi connectivity index (χ0n) is 9.14. The number of hydrogen-bond donors (Lipinski definition) is 2. The number of nitrogens with two attached hydrogens (primary N) is 1. The largest absolute Gasteiger partial charge is 0.393 e. The van der Waals surface area contributed by atoms with E-state index < -0.39 is 4.92 Å². The molecular weight excluding hydrogens is 206 g/mol. The topological polar surface area (TPSA) is 81.2 Å². The van der Waals surface area contributed by atoms with E-state index in [1.54, 1.807) is 12.1 Å². The van der Waals surface area contributed by atoms with Crippen LogP contribution in [-0.4, -0.2) is 11.0 Å². The zero-order chi connectivity index (χ0) is 11.7. The summed E-state index contributed by atoms with van der Waals surface area (Å²) in [5, 5.41) is 13.9. The van der Waals surface area contributed by atoms with Gasteiger partial charge in [-0.25, -0.2) is 0 Å². The van der Waals surface area contributed by atoms with E-state index in [1.165, 1.54) is 18.9 Å². The highest BCUT2D eigenvalue weighted by Gasteiger charge is 2.35. The SMILES string of the molecule is CCC1CC1Nc1ccc([N+](=O)[O-])c(N)c1. The molecule has 5 heteroatoms. The van der Waals surface area contributed by atoms with E-state index in [1.807, 2.05) is 0 Å². The lowest BCUT2D eigenvalue weighted by molar-refractivity contribution is -0.383. The van der Waals surface area contributed by atoms with Gasteiger partial charge in [-0.15, -0.1) is 0 Å². The first-order valence-corrected chi connectivity index (χ1v) is 5.42. The molecule has 0 heterocycles. The standard InChI is InChI=1S/C11H15N3O2/c1-2-7-5-10(7)13-8-3-4-11(14(15)16)9(12)6-8/h3-4,6-7,10,13H,2,5,12H2,1H3. The van der Waals surface area contributed by atoms with E-state index in [2.05, 4.69) is 12.2 Å². The Kier molecular flexibility index (Phi) is 2.68. The zero-order valence-corrected chi connectivity index (χ0v) is 9.14. The van der Waals surface area contributed by atoms with Crippen molar-refractivity contribution >= 4 is 17.1 Å². The molecule has 0 radical (unpaired) electrons. The minimum absolute atomic E-state index is 0.0339. The maximum atomic E-state index is 10.6. The summed E-state index contributed by atoms with van der Waals surface area (Å²) in [6.45, 7) is 2.16. The highest BCUT2D eigenvalue weighted by molar-refractivity contribution is 5.66. The number of benzene rings is 1. The Morgan fingerprint density at radius 1 is 1.62 bits per heavy atom. The Morgan fingerprint density at radius 2 is 2.38 bits per heavy atom. The van der Waals surface area contributed by atoms with E-state index in [-0.39, 0.29) is 11.4 Å². The minimum atomic E-state index is -0.467. The fourth-order valence-corrected chi connectivity index (χ4v) is 1.90. The highest BCUT2D eigenvalue weighted by atomic mass is 16.6. The average molecular weight is 221 g/mol. The van der Waals surface area contributed by atoms with Gasteiger partial charge in [0.2, 0.25) is 0 Å². The molecule has 0 bridgehead atoms. The van der Waals surface area contributed by atoms with Gasteiger partial charge in [0.1, 0.15) is 5.69 Å². The van der Waals surface area contributed by atoms with Crippen LogP contribution in [0.15, 0.2) is 18.2 Å². The van der Waals surface area contributed by atoms with Gasteiger partial charge in [-0.3, -0.25) is 10.1 Å². The average Bonchev–Trinajstić information content (AvgIpc) is 2.96. The third kappa shape index (κ3) is 2.08. The summed E-state index contributed by atoms with van der Waals surface area (Å²) in [4.78, 5) is 10.1. The van der Waals surface area contributed by atoms with Crippen LogP contribution < -0.4 is 11.1 Å². The molecule has 0 amide bonds. The third-order valence-electron chi connectivity index (χ3n) is 3.02. The van der Waals surface area contributed by atoms with Crippen LogP contribution >= 0.6 is 0 Å². The summed E-state index contributed by atoms with van der Waals surface area (Å²) in [6.07, 6.45) is 2.34. The number of nitro groups is 1. The predicted molar refractivity (Wildman–Crippen MR) is 63.3 cm³/mol. The Hall–Kier alpha value is -1.78. The Balaban J connectivity index is 2.07. The van der Waals surface area contributed by atoms with Crippen LogP contribution in [0.5, 0.6) is 0 Å². The number of nitrogens with one attached hydrogen (secondary N) is 1. The van der Waals surface area contributed by atoms with Crippen molar-refractivity contribution in [1.29, 1.82) is 0 Å². The molecule has 0 spiro atoms. The van der Waals surface area contributed by atoms with Gasteiger partial charge in [0.15, 0.2) is 0 Å². The lowest BCUT2D eigenvalue weighted by Crippen LogP contribution is -2.05. The molecular formula is C11H15N3O2. The van der Waals surface area contributed by atoms with Crippen LogP contribution in [0, 0.1) is 16.0 Å². The van der Waals surface area contributed by atoms with Crippen LogP contribution in [0.1, 0.15) is 19.8 Å². The number of nitrogens with zero attached hydrogens (tertiary/aromatic N) is 1. The van der Waals surface area contributed by atoms with Crippen molar-refractivity contribution in [2.75, 3.05) is 11.1 Å². The van der Waals surface area contributed by atoms with E-state index in [0.717, 1.165) is 11.6 Å². The van der Waals surface area contributed by atoms with Crippen molar-refractivity contribution in [3.63, 3.8) is 0 Å². The number of hydrogen-bond acceptors (Lipinski definition) is 4. The molecule has 2 unspecified atom stereocenters. The first-order valence-electron chi connectivity index (χ1n) is 5.42. The molecule has 1 aromatic rings. The molecule has 86 valence electrons. The third-order valence-corrected chi connectivity index (χ3v) is 3.02. The molecule has 1 aliphatic carbocycles. The summed E-state index contributed by atoms with van der Waals surface area (Å²) < 4.78 is 0. The molecule has 5 nitrogen and oxygen atoms in total. The lowest BCUT2D eigenvalue weighted by Gasteiger charge is -2.06. The van der Waals surface area contributed by atoms with Crippen LogP contribution in [0.4, 0.5) is 17.1 Å². The van der Waals surface area contributed by atoms with Crippen molar-refractivity contribution in [1.82, 2.24) is 0 Å². The van der Waals surface area contributed by atoms with Crippen LogP contribution in [-0.2, 0) is 0 Å². The second kappa shape index (κ2) is 4.00. The monoisotopic (exact) mass is 221 g/mol. The van der Waals surface area contributed by atoms with Crippen LogP contribution in [0.3, 0.4) is 0 Å². The Labute approximate surface area is 93.8 Å². The second-order valence-electron chi connectivity index (χ2n) is 4.19. The molecule has 1 saturated carbocycles. The minimum Gasteiger partial charge on any atom is -0.393 e. The molecule has 1 aliphatic rings. The van der Waals surface area contributed by atoms with E-state index >= 15 is 0 Å². The predicted octanol–water partition coefficient (Wildman–Crippen LogP) is 2.39. The van der Waals surface area contributed by atoms with Crippen molar-refractivity contribution in [2.45, 2.75) is 25.8 Å². The first kappa shape index (κ1) is 10.7. The quantitative estimate of drug-likeness (QED) is 0.464. The summed E-state index contributed by atoms with van der Waals surface area (Å²) in [5.74, 6) is 0.733. The maximum Gasteiger partial charge on any atom is 0.292 e. The maximum absolute atomic E-state index is 10.6. The van der Waals surface area contributed by atoms with Crippen molar-refractivity contribution < 1.29 is 4.92 Å².